The normalized spacial score (nSPS) is 11.1. The zero-order valence-corrected chi connectivity index (χ0v) is 11.8. The first-order chi connectivity index (χ1) is 9.60. The molecule has 0 unspecified atom stereocenters. The van der Waals surface area contributed by atoms with Gasteiger partial charge in [-0.25, -0.2) is 14.2 Å². The first kappa shape index (κ1) is 14.4. The van der Waals surface area contributed by atoms with E-state index in [1.54, 1.807) is 24.3 Å². The smallest absolute Gasteiger partial charge is 0.348 e. The molecular weight excluding hydrogens is 277 g/mol. The second-order valence-corrected chi connectivity index (χ2v) is 5.35. The van der Waals surface area contributed by atoms with Gasteiger partial charge in [0.1, 0.15) is 10.7 Å². The minimum absolute atomic E-state index is 0.242. The molecule has 2 rings (SSSR count). The van der Waals surface area contributed by atoms with Crippen molar-refractivity contribution in [3.05, 3.63) is 51.2 Å². The molecule has 0 saturated heterocycles. The highest BCUT2D eigenvalue weighted by Gasteiger charge is 2.14. The summed E-state index contributed by atoms with van der Waals surface area (Å²) in [7, 11) is 0. The average Bonchev–Trinajstić information content (AvgIpc) is 2.82. The summed E-state index contributed by atoms with van der Waals surface area (Å²) in [6.45, 7) is 2.02. The molecule has 1 heterocycles. The van der Waals surface area contributed by atoms with Crippen molar-refractivity contribution >= 4 is 29.5 Å². The van der Waals surface area contributed by atoms with Gasteiger partial charge in [-0.1, -0.05) is 25.1 Å². The summed E-state index contributed by atoms with van der Waals surface area (Å²) in [6, 6.07) is 5.99. The van der Waals surface area contributed by atoms with Gasteiger partial charge in [-0.2, -0.15) is 0 Å². The summed E-state index contributed by atoms with van der Waals surface area (Å²) >= 11 is 1.21. The lowest BCUT2D eigenvalue weighted by Gasteiger charge is -1.93. The van der Waals surface area contributed by atoms with Crippen molar-refractivity contribution in [1.29, 1.82) is 0 Å². The van der Waals surface area contributed by atoms with Crippen LogP contribution in [-0.2, 0) is 6.42 Å². The van der Waals surface area contributed by atoms with Crippen LogP contribution in [-0.4, -0.2) is 16.1 Å². The van der Waals surface area contributed by atoms with E-state index in [0.717, 1.165) is 23.4 Å². The number of thiazole rings is 1. The van der Waals surface area contributed by atoms with Crippen LogP contribution in [0.15, 0.2) is 24.3 Å². The fourth-order valence-electron chi connectivity index (χ4n) is 1.71. The Hall–Kier alpha value is -2.01. The van der Waals surface area contributed by atoms with E-state index in [2.05, 4.69) is 4.98 Å². The predicted octanol–water partition coefficient (Wildman–Crippen LogP) is 4.10. The molecule has 0 radical (unpaired) electrons. The van der Waals surface area contributed by atoms with Crippen molar-refractivity contribution in [2.75, 3.05) is 0 Å². The Kier molecular flexibility index (Phi) is 4.63. The van der Waals surface area contributed by atoms with Crippen molar-refractivity contribution < 1.29 is 14.3 Å². The third-order valence-electron chi connectivity index (χ3n) is 2.66. The van der Waals surface area contributed by atoms with Gasteiger partial charge in [0.2, 0.25) is 0 Å². The molecule has 0 fully saturated rings. The van der Waals surface area contributed by atoms with Gasteiger partial charge in [0.15, 0.2) is 0 Å². The minimum Gasteiger partial charge on any atom is -0.477 e. The first-order valence-corrected chi connectivity index (χ1v) is 7.08. The van der Waals surface area contributed by atoms with E-state index < -0.39 is 5.97 Å². The predicted molar refractivity (Wildman–Crippen MR) is 78.4 cm³/mol. The Morgan fingerprint density at radius 2 is 2.05 bits per heavy atom. The molecular formula is C15H14FNO2S. The number of carbonyl (C=O) groups is 1. The molecule has 1 N–H and O–H groups in total. The van der Waals surface area contributed by atoms with E-state index in [4.69, 9.17) is 5.11 Å². The number of aromatic nitrogens is 1. The second kappa shape index (κ2) is 6.43. The van der Waals surface area contributed by atoms with E-state index in [1.807, 2.05) is 6.92 Å². The maximum atomic E-state index is 12.8. The number of halogens is 1. The highest BCUT2D eigenvalue weighted by Crippen LogP contribution is 2.22. The molecule has 0 aliphatic rings. The SMILES string of the molecule is CCCc1nc(/C=C/c2ccc(F)cc2)c(C(=O)O)s1. The molecule has 104 valence electrons. The molecule has 1 aromatic carbocycles. The number of hydrogen-bond donors (Lipinski definition) is 1. The number of benzene rings is 1. The summed E-state index contributed by atoms with van der Waals surface area (Å²) in [6.07, 6.45) is 5.09. The van der Waals surface area contributed by atoms with Crippen molar-refractivity contribution in [2.45, 2.75) is 19.8 Å². The number of aryl methyl sites for hydroxylation is 1. The number of carboxylic acids is 1. The molecule has 2 aromatic rings. The van der Waals surface area contributed by atoms with Crippen LogP contribution >= 0.6 is 11.3 Å². The average molecular weight is 291 g/mol. The Morgan fingerprint density at radius 3 is 2.65 bits per heavy atom. The number of rotatable bonds is 5. The molecule has 0 bridgehead atoms. The topological polar surface area (TPSA) is 50.2 Å². The lowest BCUT2D eigenvalue weighted by molar-refractivity contribution is 0.0701. The Balaban J connectivity index is 2.27. The van der Waals surface area contributed by atoms with E-state index >= 15 is 0 Å². The highest BCUT2D eigenvalue weighted by atomic mass is 32.1. The van der Waals surface area contributed by atoms with Crippen LogP contribution in [0, 0.1) is 5.82 Å². The molecule has 0 aliphatic carbocycles. The molecule has 0 amide bonds. The molecule has 0 atom stereocenters. The van der Waals surface area contributed by atoms with Gasteiger partial charge in [0.25, 0.3) is 0 Å². The van der Waals surface area contributed by atoms with Crippen LogP contribution in [0.2, 0.25) is 0 Å². The maximum absolute atomic E-state index is 12.8. The van der Waals surface area contributed by atoms with Crippen molar-refractivity contribution in [2.24, 2.45) is 0 Å². The third kappa shape index (κ3) is 3.51. The van der Waals surface area contributed by atoms with Crippen LogP contribution < -0.4 is 0 Å². The van der Waals surface area contributed by atoms with E-state index in [1.165, 1.54) is 23.5 Å². The van der Waals surface area contributed by atoms with Crippen LogP contribution in [0.4, 0.5) is 4.39 Å². The van der Waals surface area contributed by atoms with Gasteiger partial charge >= 0.3 is 5.97 Å². The van der Waals surface area contributed by atoms with Crippen LogP contribution in [0.3, 0.4) is 0 Å². The van der Waals surface area contributed by atoms with Gasteiger partial charge in [-0.05, 0) is 36.6 Å². The molecule has 1 aromatic heterocycles. The fraction of sp³-hybridized carbons (Fsp3) is 0.200. The van der Waals surface area contributed by atoms with E-state index in [9.17, 15) is 9.18 Å². The summed E-state index contributed by atoms with van der Waals surface area (Å²) in [5.41, 5.74) is 1.25. The molecule has 0 saturated carbocycles. The number of hydrogen-bond acceptors (Lipinski definition) is 3. The molecule has 3 nitrogen and oxygen atoms in total. The van der Waals surface area contributed by atoms with Crippen molar-refractivity contribution in [1.82, 2.24) is 4.98 Å². The first-order valence-electron chi connectivity index (χ1n) is 6.26. The van der Waals surface area contributed by atoms with Gasteiger partial charge in [-0.15, -0.1) is 11.3 Å². The highest BCUT2D eigenvalue weighted by molar-refractivity contribution is 7.13. The second-order valence-electron chi connectivity index (χ2n) is 4.26. The molecule has 0 spiro atoms. The van der Waals surface area contributed by atoms with E-state index in [-0.39, 0.29) is 10.7 Å². The van der Waals surface area contributed by atoms with Gasteiger partial charge in [0.05, 0.1) is 10.7 Å². The quantitative estimate of drug-likeness (QED) is 0.902. The number of carboxylic acid groups (broad SMARTS) is 1. The molecule has 5 heteroatoms. The van der Waals surface area contributed by atoms with Gasteiger partial charge in [-0.3, -0.25) is 0 Å². The largest absolute Gasteiger partial charge is 0.477 e. The number of nitrogens with zero attached hydrogens (tertiary/aromatic N) is 1. The van der Waals surface area contributed by atoms with Gasteiger partial charge in [0, 0.05) is 0 Å². The maximum Gasteiger partial charge on any atom is 0.348 e. The zero-order valence-electron chi connectivity index (χ0n) is 11.0. The van der Waals surface area contributed by atoms with Crippen molar-refractivity contribution in [3.8, 4) is 0 Å². The van der Waals surface area contributed by atoms with Crippen LogP contribution in [0.1, 0.15) is 39.3 Å². The fourth-order valence-corrected chi connectivity index (χ4v) is 2.71. The molecule has 20 heavy (non-hydrogen) atoms. The van der Waals surface area contributed by atoms with Gasteiger partial charge < -0.3 is 5.11 Å². The minimum atomic E-state index is -0.969. The number of aromatic carboxylic acids is 1. The summed E-state index contributed by atoms with van der Waals surface area (Å²) < 4.78 is 12.8. The van der Waals surface area contributed by atoms with Crippen LogP contribution in [0.5, 0.6) is 0 Å². The Morgan fingerprint density at radius 1 is 1.35 bits per heavy atom. The standard InChI is InChI=1S/C15H14FNO2S/c1-2-3-13-17-12(14(20-13)15(18)19)9-6-10-4-7-11(16)8-5-10/h4-9H,2-3H2,1H3,(H,18,19)/b9-6+. The summed E-state index contributed by atoms with van der Waals surface area (Å²) in [5, 5.41) is 9.99. The lowest BCUT2D eigenvalue weighted by Crippen LogP contribution is -1.94. The molecule has 0 aliphatic heterocycles. The zero-order chi connectivity index (χ0) is 14.5. The summed E-state index contributed by atoms with van der Waals surface area (Å²) in [5.74, 6) is -1.27. The monoisotopic (exact) mass is 291 g/mol. The van der Waals surface area contributed by atoms with Crippen molar-refractivity contribution in [3.63, 3.8) is 0 Å². The lowest BCUT2D eigenvalue weighted by atomic mass is 10.2. The Bertz CT molecular complexity index is 632. The van der Waals surface area contributed by atoms with Crippen LogP contribution in [0.25, 0.3) is 12.2 Å². The summed E-state index contributed by atoms with van der Waals surface area (Å²) in [4.78, 5) is 15.8. The Labute approximate surface area is 120 Å². The van der Waals surface area contributed by atoms with E-state index in [0.29, 0.717) is 5.69 Å². The third-order valence-corrected chi connectivity index (χ3v) is 3.78.